The zero-order valence-electron chi connectivity index (χ0n) is 18.0. The van der Waals surface area contributed by atoms with E-state index in [2.05, 4.69) is 40.7 Å². The molecule has 3 nitrogen and oxygen atoms in total. The van der Waals surface area contributed by atoms with E-state index in [1.807, 2.05) is 0 Å². The molecule has 0 spiro atoms. The smallest absolute Gasteiger partial charge is 0.302 e. The lowest BCUT2D eigenvalue weighted by Crippen LogP contribution is -2.63. The largest absolute Gasteiger partial charge is 0.462 e. The molecule has 0 saturated heterocycles. The number of esters is 1. The minimum absolute atomic E-state index is 0.0376. The molecule has 150 valence electrons. The first-order chi connectivity index (χ1) is 12.5. The third-order valence-corrected chi connectivity index (χ3v) is 9.94. The number of allylic oxidation sites excluding steroid dienone is 1. The van der Waals surface area contributed by atoms with Crippen molar-refractivity contribution in [2.24, 2.45) is 33.5 Å². The molecule has 0 N–H and O–H groups in total. The van der Waals surface area contributed by atoms with Crippen LogP contribution in [0.4, 0.5) is 0 Å². The van der Waals surface area contributed by atoms with Crippen molar-refractivity contribution in [2.45, 2.75) is 92.6 Å². The normalized spacial score (nSPS) is 51.7. The van der Waals surface area contributed by atoms with E-state index < -0.39 is 0 Å². The second-order valence-corrected chi connectivity index (χ2v) is 11.0. The van der Waals surface area contributed by atoms with E-state index in [1.54, 1.807) is 0 Å². The van der Waals surface area contributed by atoms with Crippen LogP contribution in [0, 0.1) is 33.5 Å². The van der Waals surface area contributed by atoms with Crippen LogP contribution < -0.4 is 0 Å². The number of hydrogen-bond donors (Lipinski definition) is 0. The Hall–Kier alpha value is -1.12. The Morgan fingerprint density at radius 1 is 1.11 bits per heavy atom. The van der Waals surface area contributed by atoms with Crippen molar-refractivity contribution in [3.63, 3.8) is 0 Å². The number of hydrogen-bond acceptors (Lipinski definition) is 3. The van der Waals surface area contributed by atoms with Crippen molar-refractivity contribution in [2.75, 3.05) is 0 Å². The van der Waals surface area contributed by atoms with Crippen LogP contribution in [0.3, 0.4) is 0 Å². The van der Waals surface area contributed by atoms with E-state index in [9.17, 15) is 9.59 Å². The molecule has 3 heteroatoms. The monoisotopic (exact) mass is 372 g/mol. The molecule has 27 heavy (non-hydrogen) atoms. The maximum Gasteiger partial charge on any atom is 0.302 e. The number of Topliss-reactive ketones (excluding diaryl/α,β-unsaturated/α-hetero) is 1. The maximum atomic E-state index is 12.9. The van der Waals surface area contributed by atoms with E-state index in [4.69, 9.17) is 4.74 Å². The summed E-state index contributed by atoms with van der Waals surface area (Å²) in [7, 11) is 0. The van der Waals surface area contributed by atoms with E-state index in [0.29, 0.717) is 17.6 Å². The zero-order valence-corrected chi connectivity index (χ0v) is 18.0. The van der Waals surface area contributed by atoms with Gasteiger partial charge in [0.25, 0.3) is 0 Å². The molecule has 3 saturated carbocycles. The molecule has 7 atom stereocenters. The standard InChI is InChI=1S/C24H36O3/c1-15-13-19(26)21(3)11-12-24(6)22(4)10-8-18(27-16(2)25)14-17(22)7-9-23(24,5)20(15)21/h7,15,18,20H,8-14H2,1-6H3/t15?,18?,20-,21-,22+,23?,24-/m1/s1. The number of carbonyl (C=O) groups excluding carboxylic acids is 2. The second kappa shape index (κ2) is 5.70. The average Bonchev–Trinajstić information content (AvgIpc) is 2.81. The second-order valence-electron chi connectivity index (χ2n) is 11.0. The van der Waals surface area contributed by atoms with Gasteiger partial charge in [-0.2, -0.15) is 0 Å². The van der Waals surface area contributed by atoms with Crippen molar-refractivity contribution in [1.29, 1.82) is 0 Å². The Labute approximate surface area is 164 Å². The highest BCUT2D eigenvalue weighted by atomic mass is 16.5. The van der Waals surface area contributed by atoms with Gasteiger partial charge < -0.3 is 4.74 Å². The highest BCUT2D eigenvalue weighted by Gasteiger charge is 2.70. The summed E-state index contributed by atoms with van der Waals surface area (Å²) in [5.41, 5.74) is 1.85. The molecule has 3 fully saturated rings. The fraction of sp³-hybridized carbons (Fsp3) is 0.833. The van der Waals surface area contributed by atoms with Crippen LogP contribution in [0.15, 0.2) is 11.6 Å². The summed E-state index contributed by atoms with van der Waals surface area (Å²) in [4.78, 5) is 24.4. The van der Waals surface area contributed by atoms with E-state index in [-0.39, 0.29) is 33.7 Å². The summed E-state index contributed by atoms with van der Waals surface area (Å²) in [6, 6.07) is 0. The molecule has 4 aliphatic rings. The van der Waals surface area contributed by atoms with Crippen molar-refractivity contribution in [1.82, 2.24) is 0 Å². The van der Waals surface area contributed by atoms with Gasteiger partial charge in [-0.15, -0.1) is 0 Å². The maximum absolute atomic E-state index is 12.9. The number of ether oxygens (including phenoxy) is 1. The fourth-order valence-corrected chi connectivity index (χ4v) is 8.26. The molecule has 0 aromatic carbocycles. The van der Waals surface area contributed by atoms with Gasteiger partial charge >= 0.3 is 5.97 Å². The van der Waals surface area contributed by atoms with Gasteiger partial charge in [-0.25, -0.2) is 0 Å². The minimum atomic E-state index is -0.164. The summed E-state index contributed by atoms with van der Waals surface area (Å²) >= 11 is 0. The zero-order chi connectivity index (χ0) is 19.8. The summed E-state index contributed by atoms with van der Waals surface area (Å²) in [5, 5.41) is 0. The molecule has 3 unspecified atom stereocenters. The third-order valence-electron chi connectivity index (χ3n) is 9.94. The highest BCUT2D eigenvalue weighted by Crippen LogP contribution is 2.75. The van der Waals surface area contributed by atoms with Gasteiger partial charge in [0.2, 0.25) is 0 Å². The van der Waals surface area contributed by atoms with Gasteiger partial charge in [-0.1, -0.05) is 46.3 Å². The molecule has 0 heterocycles. The molecular formula is C24H36O3. The van der Waals surface area contributed by atoms with Crippen LogP contribution in [0.2, 0.25) is 0 Å². The van der Waals surface area contributed by atoms with Crippen molar-refractivity contribution >= 4 is 11.8 Å². The van der Waals surface area contributed by atoms with Gasteiger partial charge in [-0.05, 0) is 60.2 Å². The molecule has 4 aliphatic carbocycles. The molecule has 4 rings (SSSR count). The van der Waals surface area contributed by atoms with Gasteiger partial charge in [0.15, 0.2) is 0 Å². The van der Waals surface area contributed by atoms with Gasteiger partial charge in [0.05, 0.1) is 0 Å². The first-order valence-corrected chi connectivity index (χ1v) is 10.9. The summed E-state index contributed by atoms with van der Waals surface area (Å²) in [6.07, 6.45) is 9.40. The Morgan fingerprint density at radius 2 is 1.81 bits per heavy atom. The topological polar surface area (TPSA) is 43.4 Å². The number of rotatable bonds is 1. The Bertz CT molecular complexity index is 723. The van der Waals surface area contributed by atoms with Gasteiger partial charge in [0.1, 0.15) is 11.9 Å². The fourth-order valence-electron chi connectivity index (χ4n) is 8.26. The Balaban J connectivity index is 1.75. The van der Waals surface area contributed by atoms with Crippen LogP contribution in [-0.2, 0) is 14.3 Å². The summed E-state index contributed by atoms with van der Waals surface area (Å²) in [6.45, 7) is 13.5. The average molecular weight is 373 g/mol. The molecular weight excluding hydrogens is 336 g/mol. The third kappa shape index (κ3) is 2.26. The molecule has 0 aliphatic heterocycles. The lowest BCUT2D eigenvalue weighted by atomic mass is 9.35. The number of fused-ring (bicyclic) bond motifs is 5. The van der Waals surface area contributed by atoms with E-state index >= 15 is 0 Å². The lowest BCUT2D eigenvalue weighted by Gasteiger charge is -2.69. The molecule has 0 bridgehead atoms. The lowest BCUT2D eigenvalue weighted by molar-refractivity contribution is -0.180. The van der Waals surface area contributed by atoms with Gasteiger partial charge in [0, 0.05) is 25.2 Å². The van der Waals surface area contributed by atoms with E-state index in [0.717, 1.165) is 44.9 Å². The highest BCUT2D eigenvalue weighted by molar-refractivity contribution is 5.87. The predicted octanol–water partition coefficient (Wildman–Crippen LogP) is 5.48. The van der Waals surface area contributed by atoms with Crippen molar-refractivity contribution < 1.29 is 14.3 Å². The van der Waals surface area contributed by atoms with Crippen molar-refractivity contribution in [3.8, 4) is 0 Å². The Kier molecular flexibility index (Phi) is 4.06. The molecule has 0 amide bonds. The predicted molar refractivity (Wildman–Crippen MR) is 106 cm³/mol. The SMILES string of the molecule is CC(=O)OC1CC[C@@]2(C)C(=CCC3(C)[C@@H]4C(C)CC(=O)[C@@]4(C)CC[C@@]32C)C1. The Morgan fingerprint density at radius 3 is 2.48 bits per heavy atom. The first-order valence-electron chi connectivity index (χ1n) is 10.9. The van der Waals surface area contributed by atoms with Gasteiger partial charge in [-0.3, -0.25) is 9.59 Å². The molecule has 0 aromatic heterocycles. The van der Waals surface area contributed by atoms with Crippen LogP contribution in [0.1, 0.15) is 86.5 Å². The number of ketones is 1. The summed E-state index contributed by atoms with van der Waals surface area (Å²) in [5.74, 6) is 1.28. The minimum Gasteiger partial charge on any atom is -0.462 e. The van der Waals surface area contributed by atoms with E-state index in [1.165, 1.54) is 12.5 Å². The summed E-state index contributed by atoms with van der Waals surface area (Å²) < 4.78 is 5.57. The number of carbonyl (C=O) groups is 2. The van der Waals surface area contributed by atoms with Crippen LogP contribution in [0.5, 0.6) is 0 Å². The van der Waals surface area contributed by atoms with Crippen LogP contribution >= 0.6 is 0 Å². The van der Waals surface area contributed by atoms with Crippen molar-refractivity contribution in [3.05, 3.63) is 11.6 Å². The quantitative estimate of drug-likeness (QED) is 0.452. The molecule has 0 aromatic rings. The van der Waals surface area contributed by atoms with Crippen LogP contribution in [0.25, 0.3) is 0 Å². The van der Waals surface area contributed by atoms with Crippen LogP contribution in [-0.4, -0.2) is 17.9 Å². The first kappa shape index (κ1) is 19.2. The molecule has 0 radical (unpaired) electrons.